The Bertz CT molecular complexity index is 511. The van der Waals surface area contributed by atoms with Gasteiger partial charge in [-0.15, -0.1) is 0 Å². The largest absolute Gasteiger partial charge is 0.350 e. The molecule has 0 saturated heterocycles. The van der Waals surface area contributed by atoms with Gasteiger partial charge in [0.2, 0.25) is 11.8 Å². The van der Waals surface area contributed by atoms with Crippen molar-refractivity contribution in [3.63, 3.8) is 0 Å². The third-order valence-electron chi connectivity index (χ3n) is 2.40. The first-order chi connectivity index (χ1) is 9.06. The molecule has 1 rings (SSSR count). The first-order valence-electron chi connectivity index (χ1n) is 5.71. The van der Waals surface area contributed by atoms with E-state index in [-0.39, 0.29) is 17.6 Å². The molecule has 0 spiro atoms. The number of carbonyl (C=O) groups excluding carboxylic acids is 2. The molecular weight excluding hydrogens is 262 g/mol. The molecule has 2 amide bonds. The van der Waals surface area contributed by atoms with Crippen LogP contribution < -0.4 is 10.6 Å². The number of hydrogen-bond acceptors (Lipinski definition) is 4. The molecular formula is C13H15N3O2S. The maximum Gasteiger partial charge on any atom is 0.243 e. The highest BCUT2D eigenvalue weighted by molar-refractivity contribution is 7.80. The van der Waals surface area contributed by atoms with E-state index in [0.717, 1.165) is 5.56 Å². The van der Waals surface area contributed by atoms with Gasteiger partial charge in [-0.25, -0.2) is 0 Å². The first kappa shape index (κ1) is 15.1. The van der Waals surface area contributed by atoms with Crippen molar-refractivity contribution in [2.75, 3.05) is 5.75 Å². The Hall–Kier alpha value is -2.00. The van der Waals surface area contributed by atoms with Crippen LogP contribution in [0.4, 0.5) is 0 Å². The van der Waals surface area contributed by atoms with Crippen LogP contribution in [0.2, 0.25) is 0 Å². The minimum absolute atomic E-state index is 0.226. The van der Waals surface area contributed by atoms with E-state index in [9.17, 15) is 9.59 Å². The molecule has 0 aromatic heterocycles. The van der Waals surface area contributed by atoms with Crippen LogP contribution in [0.15, 0.2) is 24.3 Å². The molecule has 1 aromatic rings. The Labute approximate surface area is 117 Å². The second kappa shape index (κ2) is 7.44. The minimum atomic E-state index is -0.653. The third kappa shape index (κ3) is 5.02. The van der Waals surface area contributed by atoms with Gasteiger partial charge in [0.15, 0.2) is 0 Å². The second-order valence-corrected chi connectivity index (χ2v) is 4.33. The average Bonchev–Trinajstić information content (AvgIpc) is 2.42. The first-order valence-corrected chi connectivity index (χ1v) is 6.34. The van der Waals surface area contributed by atoms with Crippen molar-refractivity contribution in [2.45, 2.75) is 19.5 Å². The molecule has 19 heavy (non-hydrogen) atoms. The van der Waals surface area contributed by atoms with Crippen LogP contribution in [0.5, 0.6) is 0 Å². The van der Waals surface area contributed by atoms with Crippen LogP contribution in [0, 0.1) is 11.3 Å². The fraction of sp³-hybridized carbons (Fsp3) is 0.308. The van der Waals surface area contributed by atoms with E-state index in [2.05, 4.69) is 23.3 Å². The quantitative estimate of drug-likeness (QED) is 0.690. The van der Waals surface area contributed by atoms with E-state index in [1.165, 1.54) is 6.92 Å². The summed E-state index contributed by atoms with van der Waals surface area (Å²) in [6.45, 7) is 1.65. The van der Waals surface area contributed by atoms with Crippen LogP contribution in [0.25, 0.3) is 0 Å². The van der Waals surface area contributed by atoms with Crippen molar-refractivity contribution < 1.29 is 9.59 Å². The Balaban J connectivity index is 2.57. The lowest BCUT2D eigenvalue weighted by atomic mass is 10.1. The summed E-state index contributed by atoms with van der Waals surface area (Å²) >= 11 is 4.02. The average molecular weight is 277 g/mol. The van der Waals surface area contributed by atoms with Gasteiger partial charge in [-0.3, -0.25) is 9.59 Å². The monoisotopic (exact) mass is 277 g/mol. The predicted molar refractivity (Wildman–Crippen MR) is 74.5 cm³/mol. The number of rotatable bonds is 5. The zero-order chi connectivity index (χ0) is 14.3. The van der Waals surface area contributed by atoms with Gasteiger partial charge in [0.05, 0.1) is 11.6 Å². The summed E-state index contributed by atoms with van der Waals surface area (Å²) in [5, 5.41) is 14.0. The third-order valence-corrected chi connectivity index (χ3v) is 2.76. The van der Waals surface area contributed by atoms with Crippen molar-refractivity contribution in [3.05, 3.63) is 35.4 Å². The number of amides is 2. The summed E-state index contributed by atoms with van der Waals surface area (Å²) in [5.41, 5.74) is 1.37. The maximum absolute atomic E-state index is 11.8. The molecule has 0 aliphatic heterocycles. The zero-order valence-electron chi connectivity index (χ0n) is 10.5. The molecule has 0 aliphatic rings. The van der Waals surface area contributed by atoms with Gasteiger partial charge in [-0.05, 0) is 17.7 Å². The molecule has 2 N–H and O–H groups in total. The van der Waals surface area contributed by atoms with Gasteiger partial charge in [0.25, 0.3) is 0 Å². The second-order valence-electron chi connectivity index (χ2n) is 3.97. The maximum atomic E-state index is 11.8. The van der Waals surface area contributed by atoms with Crippen molar-refractivity contribution in [3.8, 4) is 6.07 Å². The summed E-state index contributed by atoms with van der Waals surface area (Å²) in [5.74, 6) is -0.350. The zero-order valence-corrected chi connectivity index (χ0v) is 11.4. The van der Waals surface area contributed by atoms with E-state index in [1.807, 2.05) is 12.1 Å². The summed E-state index contributed by atoms with van der Waals surface area (Å²) in [6.07, 6.45) is 0. The molecule has 5 nitrogen and oxygen atoms in total. The normalized spacial score (nSPS) is 11.2. The number of nitrogens with zero attached hydrogens (tertiary/aromatic N) is 1. The number of nitriles is 1. The number of thiol groups is 1. The minimum Gasteiger partial charge on any atom is -0.350 e. The van der Waals surface area contributed by atoms with E-state index >= 15 is 0 Å². The fourth-order valence-electron chi connectivity index (χ4n) is 1.50. The summed E-state index contributed by atoms with van der Waals surface area (Å²) in [6, 6.07) is 8.35. The lowest BCUT2D eigenvalue weighted by Gasteiger charge is -2.15. The summed E-state index contributed by atoms with van der Waals surface area (Å²) in [4.78, 5) is 22.7. The van der Waals surface area contributed by atoms with Crippen molar-refractivity contribution in [2.24, 2.45) is 0 Å². The number of nitrogens with one attached hydrogen (secondary N) is 2. The molecule has 0 heterocycles. The Morgan fingerprint density at radius 2 is 2.21 bits per heavy atom. The Kier molecular flexibility index (Phi) is 5.90. The standard InChI is InChI=1S/C13H15N3O2S/c1-9(17)16-12(8-19)13(18)15-7-11-4-2-3-10(5-11)6-14/h2-5,12,19H,7-8H2,1H3,(H,15,18)(H,16,17). The molecule has 0 bridgehead atoms. The van der Waals surface area contributed by atoms with Crippen LogP contribution in [0.3, 0.4) is 0 Å². The Morgan fingerprint density at radius 1 is 1.47 bits per heavy atom. The topological polar surface area (TPSA) is 82.0 Å². The molecule has 0 saturated carbocycles. The summed E-state index contributed by atoms with van der Waals surface area (Å²) < 4.78 is 0. The van der Waals surface area contributed by atoms with E-state index in [0.29, 0.717) is 12.1 Å². The van der Waals surface area contributed by atoms with Crippen molar-refractivity contribution >= 4 is 24.4 Å². The number of benzene rings is 1. The Morgan fingerprint density at radius 3 is 2.79 bits per heavy atom. The van der Waals surface area contributed by atoms with Gasteiger partial charge in [-0.2, -0.15) is 17.9 Å². The lowest BCUT2D eigenvalue weighted by molar-refractivity contribution is -0.127. The highest BCUT2D eigenvalue weighted by Gasteiger charge is 2.16. The highest BCUT2D eigenvalue weighted by Crippen LogP contribution is 2.03. The van der Waals surface area contributed by atoms with Crippen LogP contribution in [-0.2, 0) is 16.1 Å². The van der Waals surface area contributed by atoms with Crippen molar-refractivity contribution in [1.29, 1.82) is 5.26 Å². The van der Waals surface area contributed by atoms with E-state index < -0.39 is 6.04 Å². The van der Waals surface area contributed by atoms with Gasteiger partial charge in [0.1, 0.15) is 6.04 Å². The SMILES string of the molecule is CC(=O)NC(CS)C(=O)NCc1cccc(C#N)c1. The van der Waals surface area contributed by atoms with Gasteiger partial charge >= 0.3 is 0 Å². The molecule has 1 unspecified atom stereocenters. The fourth-order valence-corrected chi connectivity index (χ4v) is 1.76. The molecule has 0 aliphatic carbocycles. The van der Waals surface area contributed by atoms with E-state index in [4.69, 9.17) is 5.26 Å². The van der Waals surface area contributed by atoms with Gasteiger partial charge < -0.3 is 10.6 Å². The molecule has 6 heteroatoms. The van der Waals surface area contributed by atoms with Gasteiger partial charge in [-0.1, -0.05) is 12.1 Å². The molecule has 1 aromatic carbocycles. The van der Waals surface area contributed by atoms with Gasteiger partial charge in [0, 0.05) is 19.2 Å². The molecule has 0 radical (unpaired) electrons. The predicted octanol–water partition coefficient (Wildman–Crippen LogP) is 0.609. The van der Waals surface area contributed by atoms with Crippen molar-refractivity contribution in [1.82, 2.24) is 10.6 Å². The lowest BCUT2D eigenvalue weighted by Crippen LogP contribution is -2.47. The molecule has 0 fully saturated rings. The van der Waals surface area contributed by atoms with E-state index in [1.54, 1.807) is 18.2 Å². The number of carbonyl (C=O) groups is 2. The van der Waals surface area contributed by atoms with Crippen LogP contribution in [0.1, 0.15) is 18.1 Å². The molecule has 100 valence electrons. The number of hydrogen-bond donors (Lipinski definition) is 3. The van der Waals surface area contributed by atoms with Crippen LogP contribution >= 0.6 is 12.6 Å². The molecule has 1 atom stereocenters. The smallest absolute Gasteiger partial charge is 0.243 e. The van der Waals surface area contributed by atoms with Crippen LogP contribution in [-0.4, -0.2) is 23.6 Å². The summed E-state index contributed by atoms with van der Waals surface area (Å²) in [7, 11) is 0. The highest BCUT2D eigenvalue weighted by atomic mass is 32.1.